The monoisotopic (exact) mass is 403 g/mol. The summed E-state index contributed by atoms with van der Waals surface area (Å²) in [6.45, 7) is 4.63. The summed E-state index contributed by atoms with van der Waals surface area (Å²) in [6.07, 6.45) is 5.56. The van der Waals surface area contributed by atoms with Gasteiger partial charge in [0, 0.05) is 12.1 Å². The third-order valence-corrected chi connectivity index (χ3v) is 5.53. The third kappa shape index (κ3) is 3.39. The molecule has 0 unspecified atom stereocenters. The Morgan fingerprint density at radius 2 is 2.00 bits per heavy atom. The maximum absolute atomic E-state index is 12.8. The molecule has 8 nitrogen and oxygen atoms in total. The van der Waals surface area contributed by atoms with E-state index in [-0.39, 0.29) is 24.1 Å². The van der Waals surface area contributed by atoms with Crippen LogP contribution in [0.2, 0.25) is 0 Å². The number of rotatable bonds is 4. The first kappa shape index (κ1) is 18.6. The summed E-state index contributed by atoms with van der Waals surface area (Å²) >= 11 is 0. The van der Waals surface area contributed by atoms with Crippen molar-refractivity contribution >= 4 is 10.9 Å². The Kier molecular flexibility index (Phi) is 4.63. The molecule has 30 heavy (non-hydrogen) atoms. The second kappa shape index (κ2) is 7.46. The van der Waals surface area contributed by atoms with Crippen LogP contribution in [0.1, 0.15) is 46.8 Å². The van der Waals surface area contributed by atoms with E-state index in [0.717, 1.165) is 17.5 Å². The van der Waals surface area contributed by atoms with Gasteiger partial charge in [-0.2, -0.15) is 4.98 Å². The van der Waals surface area contributed by atoms with Crippen molar-refractivity contribution in [2.75, 3.05) is 6.61 Å². The van der Waals surface area contributed by atoms with Crippen molar-refractivity contribution in [1.82, 2.24) is 24.7 Å². The van der Waals surface area contributed by atoms with Crippen LogP contribution in [0, 0.1) is 13.8 Å². The van der Waals surface area contributed by atoms with Crippen molar-refractivity contribution in [3.63, 3.8) is 0 Å². The number of ether oxygens (including phenoxy) is 1. The van der Waals surface area contributed by atoms with E-state index in [1.165, 1.54) is 16.5 Å². The number of benzene rings is 1. The van der Waals surface area contributed by atoms with Gasteiger partial charge < -0.3 is 9.26 Å². The molecule has 8 heteroatoms. The van der Waals surface area contributed by atoms with Gasteiger partial charge in [-0.3, -0.25) is 14.3 Å². The highest BCUT2D eigenvalue weighted by Crippen LogP contribution is 2.37. The van der Waals surface area contributed by atoms with Gasteiger partial charge in [0.2, 0.25) is 5.89 Å². The van der Waals surface area contributed by atoms with Crippen LogP contribution in [-0.2, 0) is 11.3 Å². The molecule has 3 aromatic heterocycles. The Balaban J connectivity index is 1.34. The summed E-state index contributed by atoms with van der Waals surface area (Å²) in [6, 6.07) is 8.37. The first-order chi connectivity index (χ1) is 14.6. The molecule has 1 aliphatic heterocycles. The second-order valence-electron chi connectivity index (χ2n) is 7.74. The van der Waals surface area contributed by atoms with Gasteiger partial charge in [0.05, 0.1) is 36.1 Å². The predicted octanol–water partition coefficient (Wildman–Crippen LogP) is 3.08. The number of nitrogens with zero attached hydrogens (tertiary/aromatic N) is 5. The number of fused-ring (bicyclic) bond motifs is 1. The zero-order valence-corrected chi connectivity index (χ0v) is 16.8. The van der Waals surface area contributed by atoms with Gasteiger partial charge >= 0.3 is 0 Å². The molecule has 0 saturated carbocycles. The lowest BCUT2D eigenvalue weighted by atomic mass is 9.99. The molecular weight excluding hydrogens is 382 g/mol. The molecular formula is C22H21N5O3. The normalized spacial score (nSPS) is 18.9. The van der Waals surface area contributed by atoms with E-state index in [9.17, 15) is 4.79 Å². The van der Waals surface area contributed by atoms with Gasteiger partial charge in [0.15, 0.2) is 5.82 Å². The van der Waals surface area contributed by atoms with Crippen LogP contribution in [0.15, 0.2) is 52.3 Å². The molecule has 1 fully saturated rings. The van der Waals surface area contributed by atoms with Crippen LogP contribution < -0.4 is 5.56 Å². The molecule has 1 aromatic carbocycles. The van der Waals surface area contributed by atoms with E-state index in [0.29, 0.717) is 29.2 Å². The highest BCUT2D eigenvalue weighted by molar-refractivity contribution is 5.79. The van der Waals surface area contributed by atoms with E-state index < -0.39 is 0 Å². The molecule has 0 spiro atoms. The minimum atomic E-state index is -0.150. The number of aryl methyl sites for hydroxylation is 2. The minimum Gasteiger partial charge on any atom is -0.373 e. The Bertz CT molecular complexity index is 1260. The fraction of sp³-hybridized carbons (Fsp3) is 0.318. The fourth-order valence-electron chi connectivity index (χ4n) is 3.83. The van der Waals surface area contributed by atoms with Crippen molar-refractivity contribution in [3.8, 4) is 0 Å². The Hall–Kier alpha value is -3.39. The lowest BCUT2D eigenvalue weighted by molar-refractivity contribution is 0.110. The van der Waals surface area contributed by atoms with Crippen LogP contribution >= 0.6 is 0 Å². The van der Waals surface area contributed by atoms with Gasteiger partial charge in [0.1, 0.15) is 6.54 Å². The van der Waals surface area contributed by atoms with Crippen molar-refractivity contribution in [2.24, 2.45) is 0 Å². The van der Waals surface area contributed by atoms with Gasteiger partial charge in [-0.25, -0.2) is 4.98 Å². The zero-order chi connectivity index (χ0) is 20.7. The lowest BCUT2D eigenvalue weighted by Gasteiger charge is -2.09. The largest absolute Gasteiger partial charge is 0.373 e. The topological polar surface area (TPSA) is 95.9 Å². The number of aromatic nitrogens is 5. The highest BCUT2D eigenvalue weighted by atomic mass is 16.5. The molecule has 0 amide bonds. The standard InChI is InChI=1S/C22H21N5O3/c1-13-3-5-15(6-4-13)18-7-16(11-29-18)21-25-19(30-26-21)10-27-12-24-17-9-23-8-14(2)20(17)22(27)28/h3-6,8-9,12,16,18H,7,10-11H2,1-2H3/t16-,18+/m0/s1. The van der Waals surface area contributed by atoms with E-state index in [2.05, 4.69) is 51.3 Å². The van der Waals surface area contributed by atoms with Crippen molar-refractivity contribution in [3.05, 3.63) is 81.7 Å². The van der Waals surface area contributed by atoms with E-state index in [1.54, 1.807) is 12.4 Å². The second-order valence-corrected chi connectivity index (χ2v) is 7.74. The van der Waals surface area contributed by atoms with Gasteiger partial charge in [-0.15, -0.1) is 0 Å². The summed E-state index contributed by atoms with van der Waals surface area (Å²) in [5.41, 5.74) is 3.60. The number of hydrogen-bond acceptors (Lipinski definition) is 7. The molecule has 0 radical (unpaired) electrons. The molecule has 2 atom stereocenters. The van der Waals surface area contributed by atoms with Crippen molar-refractivity contribution in [1.29, 1.82) is 0 Å². The Labute approximate surface area is 172 Å². The third-order valence-electron chi connectivity index (χ3n) is 5.53. The van der Waals surface area contributed by atoms with Crippen LogP contribution in [-0.4, -0.2) is 31.3 Å². The van der Waals surface area contributed by atoms with Crippen LogP contribution in [0.3, 0.4) is 0 Å². The molecule has 1 saturated heterocycles. The fourth-order valence-corrected chi connectivity index (χ4v) is 3.83. The first-order valence-electron chi connectivity index (χ1n) is 9.89. The number of pyridine rings is 1. The highest BCUT2D eigenvalue weighted by Gasteiger charge is 2.31. The molecule has 5 rings (SSSR count). The van der Waals surface area contributed by atoms with E-state index >= 15 is 0 Å². The molecule has 4 heterocycles. The molecule has 0 N–H and O–H groups in total. The van der Waals surface area contributed by atoms with Crippen molar-refractivity contribution < 1.29 is 9.26 Å². The van der Waals surface area contributed by atoms with Gasteiger partial charge in [0.25, 0.3) is 5.56 Å². The molecule has 4 aromatic rings. The van der Waals surface area contributed by atoms with Crippen LogP contribution in [0.5, 0.6) is 0 Å². The predicted molar refractivity (Wildman–Crippen MR) is 109 cm³/mol. The maximum atomic E-state index is 12.8. The maximum Gasteiger partial charge on any atom is 0.262 e. The van der Waals surface area contributed by atoms with E-state index in [4.69, 9.17) is 9.26 Å². The average Bonchev–Trinajstić information content (AvgIpc) is 3.40. The summed E-state index contributed by atoms with van der Waals surface area (Å²) in [7, 11) is 0. The summed E-state index contributed by atoms with van der Waals surface area (Å²) < 4.78 is 12.9. The van der Waals surface area contributed by atoms with Crippen LogP contribution in [0.25, 0.3) is 10.9 Å². The number of hydrogen-bond donors (Lipinski definition) is 0. The SMILES string of the molecule is Cc1ccc([C@H]2C[C@H](c3noc(Cn4cnc5cncc(C)c5c4=O)n3)CO2)cc1. The quantitative estimate of drug-likeness (QED) is 0.517. The summed E-state index contributed by atoms with van der Waals surface area (Å²) in [5.74, 6) is 1.05. The minimum absolute atomic E-state index is 0.0291. The Morgan fingerprint density at radius 3 is 2.83 bits per heavy atom. The smallest absolute Gasteiger partial charge is 0.262 e. The average molecular weight is 403 g/mol. The molecule has 1 aliphatic rings. The van der Waals surface area contributed by atoms with E-state index in [1.807, 2.05) is 6.92 Å². The lowest BCUT2D eigenvalue weighted by Crippen LogP contribution is -2.22. The van der Waals surface area contributed by atoms with Gasteiger partial charge in [-0.1, -0.05) is 35.0 Å². The summed E-state index contributed by atoms with van der Waals surface area (Å²) in [5, 5.41) is 4.69. The molecule has 152 valence electrons. The molecule has 0 bridgehead atoms. The Morgan fingerprint density at radius 1 is 1.17 bits per heavy atom. The first-order valence-corrected chi connectivity index (χ1v) is 9.89. The molecule has 0 aliphatic carbocycles. The van der Waals surface area contributed by atoms with Crippen molar-refractivity contribution in [2.45, 2.75) is 38.8 Å². The van der Waals surface area contributed by atoms with Gasteiger partial charge in [-0.05, 0) is 31.4 Å². The zero-order valence-electron chi connectivity index (χ0n) is 16.8. The summed E-state index contributed by atoms with van der Waals surface area (Å²) in [4.78, 5) is 25.7. The van der Waals surface area contributed by atoms with Crippen LogP contribution in [0.4, 0.5) is 0 Å².